The second kappa shape index (κ2) is 4.47. The normalized spacial score (nSPS) is 24.4. The number of amides is 3. The fourth-order valence-corrected chi connectivity index (χ4v) is 2.71. The Morgan fingerprint density at radius 3 is 2.18 bits per heavy atom. The molecule has 3 amide bonds. The molecule has 0 atom stereocenters. The van der Waals surface area contributed by atoms with Crippen LogP contribution < -0.4 is 5.32 Å². The molecule has 0 bridgehead atoms. The molecular formula is C12H18N2O3. The summed E-state index contributed by atoms with van der Waals surface area (Å²) in [5, 5.41) is 2.21. The zero-order valence-corrected chi connectivity index (χ0v) is 10.1. The SMILES string of the molecule is CC1(C(=O)N2CC(=O)NC(=O)C2)CCCCC1. The van der Waals surface area contributed by atoms with Crippen LogP contribution in [-0.2, 0) is 14.4 Å². The van der Waals surface area contributed by atoms with Crippen molar-refractivity contribution in [3.63, 3.8) is 0 Å². The highest BCUT2D eigenvalue weighted by Gasteiger charge is 2.39. The molecule has 5 heteroatoms. The molecule has 1 N–H and O–H groups in total. The maximum absolute atomic E-state index is 12.4. The van der Waals surface area contributed by atoms with Crippen LogP contribution in [0.4, 0.5) is 0 Å². The number of imide groups is 1. The monoisotopic (exact) mass is 238 g/mol. The number of nitrogens with one attached hydrogen (secondary N) is 1. The predicted molar refractivity (Wildman–Crippen MR) is 60.9 cm³/mol. The number of rotatable bonds is 1. The summed E-state index contributed by atoms with van der Waals surface area (Å²) in [6.45, 7) is 1.98. The minimum Gasteiger partial charge on any atom is -0.324 e. The van der Waals surface area contributed by atoms with E-state index in [1.54, 1.807) is 0 Å². The fourth-order valence-electron chi connectivity index (χ4n) is 2.71. The lowest BCUT2D eigenvalue weighted by Crippen LogP contribution is -2.56. The van der Waals surface area contributed by atoms with Gasteiger partial charge >= 0.3 is 0 Å². The van der Waals surface area contributed by atoms with E-state index in [-0.39, 0.29) is 36.2 Å². The van der Waals surface area contributed by atoms with Gasteiger partial charge < -0.3 is 4.90 Å². The average Bonchev–Trinajstić information content (AvgIpc) is 2.27. The highest BCUT2D eigenvalue weighted by molar-refractivity contribution is 6.03. The number of hydrogen-bond donors (Lipinski definition) is 1. The van der Waals surface area contributed by atoms with Crippen molar-refractivity contribution in [2.75, 3.05) is 13.1 Å². The molecule has 0 radical (unpaired) electrons. The molecule has 1 saturated heterocycles. The van der Waals surface area contributed by atoms with Crippen LogP contribution in [0.25, 0.3) is 0 Å². The van der Waals surface area contributed by atoms with Crippen molar-refractivity contribution in [2.24, 2.45) is 5.41 Å². The Balaban J connectivity index is 2.08. The van der Waals surface area contributed by atoms with Crippen LogP contribution in [0.1, 0.15) is 39.0 Å². The molecule has 0 aromatic rings. The molecular weight excluding hydrogens is 220 g/mol. The molecule has 0 aromatic carbocycles. The Morgan fingerprint density at radius 2 is 1.65 bits per heavy atom. The molecule has 1 aliphatic heterocycles. The third-order valence-corrected chi connectivity index (χ3v) is 3.71. The Hall–Kier alpha value is -1.39. The van der Waals surface area contributed by atoms with E-state index in [0.29, 0.717) is 0 Å². The van der Waals surface area contributed by atoms with Crippen LogP contribution in [0.5, 0.6) is 0 Å². The summed E-state index contributed by atoms with van der Waals surface area (Å²) in [6, 6.07) is 0. The Bertz CT molecular complexity index is 343. The van der Waals surface area contributed by atoms with Gasteiger partial charge in [-0.2, -0.15) is 0 Å². The van der Waals surface area contributed by atoms with E-state index in [1.807, 2.05) is 6.92 Å². The summed E-state index contributed by atoms with van der Waals surface area (Å²) in [4.78, 5) is 36.3. The zero-order valence-electron chi connectivity index (χ0n) is 10.1. The second-order valence-corrected chi connectivity index (χ2v) is 5.25. The Labute approximate surface area is 101 Å². The number of carbonyl (C=O) groups excluding carboxylic acids is 3. The molecule has 0 unspecified atom stereocenters. The first kappa shape index (κ1) is 12.1. The van der Waals surface area contributed by atoms with Gasteiger partial charge in [0.15, 0.2) is 0 Å². The summed E-state index contributed by atoms with van der Waals surface area (Å²) in [7, 11) is 0. The first-order valence-corrected chi connectivity index (χ1v) is 6.13. The molecule has 2 rings (SSSR count). The van der Waals surface area contributed by atoms with Gasteiger partial charge in [-0.3, -0.25) is 19.7 Å². The van der Waals surface area contributed by atoms with Gasteiger partial charge in [0.2, 0.25) is 17.7 Å². The van der Waals surface area contributed by atoms with Crippen molar-refractivity contribution in [2.45, 2.75) is 39.0 Å². The van der Waals surface area contributed by atoms with Gasteiger partial charge in [-0.1, -0.05) is 26.2 Å². The van der Waals surface area contributed by atoms with Crippen molar-refractivity contribution < 1.29 is 14.4 Å². The predicted octanol–water partition coefficient (Wildman–Crippen LogP) is 0.442. The lowest BCUT2D eigenvalue weighted by atomic mass is 9.74. The van der Waals surface area contributed by atoms with Crippen LogP contribution in [0.15, 0.2) is 0 Å². The molecule has 0 spiro atoms. The van der Waals surface area contributed by atoms with Gasteiger partial charge in [-0.05, 0) is 12.8 Å². The van der Waals surface area contributed by atoms with Crippen molar-refractivity contribution in [1.82, 2.24) is 10.2 Å². The van der Waals surface area contributed by atoms with Gasteiger partial charge in [0.05, 0.1) is 0 Å². The summed E-state index contributed by atoms with van der Waals surface area (Å²) in [6.07, 6.45) is 4.99. The van der Waals surface area contributed by atoms with Crippen molar-refractivity contribution in [3.05, 3.63) is 0 Å². The zero-order chi connectivity index (χ0) is 12.5. The van der Waals surface area contributed by atoms with Crippen LogP contribution >= 0.6 is 0 Å². The number of hydrogen-bond acceptors (Lipinski definition) is 3. The standard InChI is InChI=1S/C12H18N2O3/c1-12(5-3-2-4-6-12)11(17)14-7-9(15)13-10(16)8-14/h2-8H2,1H3,(H,13,15,16). The van der Waals surface area contributed by atoms with Gasteiger partial charge in [0.25, 0.3) is 0 Å². The molecule has 1 aliphatic carbocycles. The largest absolute Gasteiger partial charge is 0.324 e. The average molecular weight is 238 g/mol. The van der Waals surface area contributed by atoms with Gasteiger partial charge in [0.1, 0.15) is 13.1 Å². The summed E-state index contributed by atoms with van der Waals surface area (Å²) >= 11 is 0. The first-order chi connectivity index (χ1) is 8.01. The smallest absolute Gasteiger partial charge is 0.246 e. The molecule has 17 heavy (non-hydrogen) atoms. The third kappa shape index (κ3) is 2.48. The molecule has 0 aromatic heterocycles. The van der Waals surface area contributed by atoms with E-state index >= 15 is 0 Å². The van der Waals surface area contributed by atoms with Gasteiger partial charge in [-0.25, -0.2) is 0 Å². The minimum absolute atomic E-state index is 0.0141. The van der Waals surface area contributed by atoms with Crippen LogP contribution in [0.2, 0.25) is 0 Å². The van der Waals surface area contributed by atoms with E-state index in [1.165, 1.54) is 11.3 Å². The van der Waals surface area contributed by atoms with Crippen molar-refractivity contribution >= 4 is 17.7 Å². The highest BCUT2D eigenvalue weighted by atomic mass is 16.2. The van der Waals surface area contributed by atoms with Gasteiger partial charge in [-0.15, -0.1) is 0 Å². The number of nitrogens with zero attached hydrogens (tertiary/aromatic N) is 1. The van der Waals surface area contributed by atoms with Crippen LogP contribution in [0.3, 0.4) is 0 Å². The van der Waals surface area contributed by atoms with E-state index in [4.69, 9.17) is 0 Å². The Morgan fingerprint density at radius 1 is 1.12 bits per heavy atom. The fraction of sp³-hybridized carbons (Fsp3) is 0.750. The maximum Gasteiger partial charge on any atom is 0.246 e. The summed E-state index contributed by atoms with van der Waals surface area (Å²) in [5.41, 5.74) is -0.379. The van der Waals surface area contributed by atoms with E-state index in [0.717, 1.165) is 25.7 Å². The van der Waals surface area contributed by atoms with E-state index < -0.39 is 0 Å². The summed E-state index contributed by atoms with van der Waals surface area (Å²) < 4.78 is 0. The van der Waals surface area contributed by atoms with E-state index in [2.05, 4.69) is 5.32 Å². The highest BCUT2D eigenvalue weighted by Crippen LogP contribution is 2.37. The maximum atomic E-state index is 12.4. The van der Waals surface area contributed by atoms with Crippen LogP contribution in [-0.4, -0.2) is 35.7 Å². The number of carbonyl (C=O) groups is 3. The molecule has 94 valence electrons. The van der Waals surface area contributed by atoms with Crippen LogP contribution in [0, 0.1) is 5.41 Å². The molecule has 1 heterocycles. The second-order valence-electron chi connectivity index (χ2n) is 5.25. The Kier molecular flexibility index (Phi) is 3.17. The quantitative estimate of drug-likeness (QED) is 0.674. The van der Waals surface area contributed by atoms with E-state index in [9.17, 15) is 14.4 Å². The molecule has 1 saturated carbocycles. The van der Waals surface area contributed by atoms with Crippen molar-refractivity contribution in [1.29, 1.82) is 0 Å². The lowest BCUT2D eigenvalue weighted by molar-refractivity contribution is -0.152. The lowest BCUT2D eigenvalue weighted by Gasteiger charge is -2.37. The topological polar surface area (TPSA) is 66.5 Å². The molecule has 5 nitrogen and oxygen atoms in total. The van der Waals surface area contributed by atoms with Gasteiger partial charge in [0, 0.05) is 5.41 Å². The first-order valence-electron chi connectivity index (χ1n) is 6.13. The third-order valence-electron chi connectivity index (χ3n) is 3.71. The number of piperazine rings is 1. The molecule has 2 aliphatic rings. The van der Waals surface area contributed by atoms with Crippen molar-refractivity contribution in [3.8, 4) is 0 Å². The minimum atomic E-state index is -0.381. The summed E-state index contributed by atoms with van der Waals surface area (Å²) in [5.74, 6) is -0.802. The molecule has 2 fully saturated rings.